The molecule has 2 amide bonds. The SMILES string of the molecule is Cc1cccc(C)c1C(=O)N1CCCC(C(=O)Nc2cccc(C(C)(C)C)c2)C1C1CCC(C)CC1. The van der Waals surface area contributed by atoms with Gasteiger partial charge in [0.25, 0.3) is 5.91 Å². The molecule has 36 heavy (non-hydrogen) atoms. The lowest BCUT2D eigenvalue weighted by atomic mass is 9.72. The Morgan fingerprint density at radius 3 is 2.19 bits per heavy atom. The van der Waals surface area contributed by atoms with Crippen LogP contribution in [-0.4, -0.2) is 29.3 Å². The average Bonchev–Trinajstić information content (AvgIpc) is 2.83. The van der Waals surface area contributed by atoms with E-state index in [0.717, 1.165) is 60.5 Å². The van der Waals surface area contributed by atoms with Gasteiger partial charge in [-0.25, -0.2) is 0 Å². The molecule has 4 heteroatoms. The Balaban J connectivity index is 1.64. The number of piperidine rings is 1. The molecule has 1 aliphatic heterocycles. The molecule has 1 N–H and O–H groups in total. The van der Waals surface area contributed by atoms with Gasteiger partial charge >= 0.3 is 0 Å². The summed E-state index contributed by atoms with van der Waals surface area (Å²) in [6.45, 7) is 13.7. The Morgan fingerprint density at radius 2 is 1.56 bits per heavy atom. The van der Waals surface area contributed by atoms with E-state index in [-0.39, 0.29) is 29.2 Å². The maximum atomic E-state index is 14.0. The second-order valence-electron chi connectivity index (χ2n) is 12.3. The smallest absolute Gasteiger partial charge is 0.254 e. The lowest BCUT2D eigenvalue weighted by Crippen LogP contribution is -2.55. The van der Waals surface area contributed by atoms with Crippen molar-refractivity contribution in [3.8, 4) is 0 Å². The van der Waals surface area contributed by atoms with Crippen LogP contribution in [0.2, 0.25) is 0 Å². The number of hydrogen-bond donors (Lipinski definition) is 1. The van der Waals surface area contributed by atoms with Gasteiger partial charge in [0.2, 0.25) is 5.91 Å². The van der Waals surface area contributed by atoms with Crippen LogP contribution >= 0.6 is 0 Å². The first-order valence-corrected chi connectivity index (χ1v) is 13.8. The van der Waals surface area contributed by atoms with Gasteiger partial charge in [-0.2, -0.15) is 0 Å². The molecule has 1 saturated heterocycles. The van der Waals surface area contributed by atoms with Crippen molar-refractivity contribution in [1.29, 1.82) is 0 Å². The topological polar surface area (TPSA) is 49.4 Å². The van der Waals surface area contributed by atoms with Crippen molar-refractivity contribution < 1.29 is 9.59 Å². The van der Waals surface area contributed by atoms with Crippen molar-refractivity contribution in [3.05, 3.63) is 64.7 Å². The lowest BCUT2D eigenvalue weighted by Gasteiger charge is -2.46. The third-order valence-corrected chi connectivity index (χ3v) is 8.52. The first-order chi connectivity index (χ1) is 17.1. The van der Waals surface area contributed by atoms with E-state index in [1.165, 1.54) is 18.4 Å². The zero-order valence-electron chi connectivity index (χ0n) is 23.1. The number of nitrogens with zero attached hydrogens (tertiary/aromatic N) is 1. The molecular formula is C32H44N2O2. The molecule has 2 aromatic carbocycles. The van der Waals surface area contributed by atoms with Crippen molar-refractivity contribution in [2.45, 2.75) is 91.5 Å². The van der Waals surface area contributed by atoms with Crippen LogP contribution in [0.15, 0.2) is 42.5 Å². The van der Waals surface area contributed by atoms with E-state index in [1.54, 1.807) is 0 Å². The van der Waals surface area contributed by atoms with Gasteiger partial charge in [0, 0.05) is 23.8 Å². The highest BCUT2D eigenvalue weighted by atomic mass is 16.2. The van der Waals surface area contributed by atoms with Gasteiger partial charge in [0.15, 0.2) is 0 Å². The zero-order chi connectivity index (χ0) is 26.0. The summed E-state index contributed by atoms with van der Waals surface area (Å²) >= 11 is 0. The van der Waals surface area contributed by atoms with Gasteiger partial charge in [-0.3, -0.25) is 9.59 Å². The summed E-state index contributed by atoms with van der Waals surface area (Å²) in [6, 6.07) is 14.2. The maximum Gasteiger partial charge on any atom is 0.254 e. The first-order valence-electron chi connectivity index (χ1n) is 13.8. The number of anilines is 1. The molecule has 0 aromatic heterocycles. The molecule has 0 radical (unpaired) electrons. The highest BCUT2D eigenvalue weighted by Gasteiger charge is 2.44. The number of likely N-dealkylation sites (tertiary alicyclic amines) is 1. The van der Waals surface area contributed by atoms with Gasteiger partial charge in [0.1, 0.15) is 0 Å². The fourth-order valence-corrected chi connectivity index (χ4v) is 6.35. The summed E-state index contributed by atoms with van der Waals surface area (Å²) in [5.74, 6) is 1.06. The Bertz CT molecular complexity index is 1070. The second-order valence-corrected chi connectivity index (χ2v) is 12.3. The standard InChI is InChI=1S/C32H44N2O2/c1-21-15-17-24(18-16-21)29-27(30(35)33-26-13-8-12-25(20-26)32(4,5)6)14-9-19-34(29)31(36)28-22(2)10-7-11-23(28)3/h7-8,10-13,20-21,24,27,29H,9,14-19H2,1-6H3,(H,33,35). The Hall–Kier alpha value is -2.62. The quantitative estimate of drug-likeness (QED) is 0.491. The van der Waals surface area contributed by atoms with Gasteiger partial charge in [-0.05, 0) is 85.6 Å². The second kappa shape index (κ2) is 10.8. The van der Waals surface area contributed by atoms with E-state index in [2.05, 4.69) is 50.0 Å². The summed E-state index contributed by atoms with van der Waals surface area (Å²) < 4.78 is 0. The molecule has 194 valence electrons. The molecule has 0 spiro atoms. The molecule has 4 nitrogen and oxygen atoms in total. The summed E-state index contributed by atoms with van der Waals surface area (Å²) in [5.41, 5.74) is 4.91. The number of carbonyl (C=O) groups is 2. The molecule has 2 aliphatic rings. The Labute approximate surface area is 217 Å². The molecule has 1 heterocycles. The van der Waals surface area contributed by atoms with E-state index in [0.29, 0.717) is 5.92 Å². The highest BCUT2D eigenvalue weighted by molar-refractivity contribution is 5.99. The minimum absolute atomic E-state index is 0.0154. The van der Waals surface area contributed by atoms with Gasteiger partial charge < -0.3 is 10.2 Å². The first kappa shape index (κ1) is 26.4. The number of nitrogens with one attached hydrogen (secondary N) is 1. The monoisotopic (exact) mass is 488 g/mol. The molecule has 2 aromatic rings. The Morgan fingerprint density at radius 1 is 0.917 bits per heavy atom. The van der Waals surface area contributed by atoms with Crippen molar-refractivity contribution in [3.63, 3.8) is 0 Å². The van der Waals surface area contributed by atoms with Gasteiger partial charge in [-0.1, -0.05) is 70.9 Å². The third-order valence-electron chi connectivity index (χ3n) is 8.52. The van der Waals surface area contributed by atoms with Crippen LogP contribution in [0.3, 0.4) is 0 Å². The summed E-state index contributed by atoms with van der Waals surface area (Å²) in [4.78, 5) is 29.9. The molecule has 0 bridgehead atoms. The van der Waals surface area contributed by atoms with Crippen LogP contribution in [0, 0.1) is 31.6 Å². The molecule has 4 rings (SSSR count). The van der Waals surface area contributed by atoms with E-state index in [9.17, 15) is 9.59 Å². The Kier molecular flexibility index (Phi) is 7.92. The van der Waals surface area contributed by atoms with Gasteiger partial charge in [0.05, 0.1) is 5.92 Å². The average molecular weight is 489 g/mol. The maximum absolute atomic E-state index is 14.0. The van der Waals surface area contributed by atoms with Crippen LogP contribution in [-0.2, 0) is 10.2 Å². The molecule has 1 aliphatic carbocycles. The fourth-order valence-electron chi connectivity index (χ4n) is 6.35. The normalized spacial score (nSPS) is 24.9. The molecule has 2 unspecified atom stereocenters. The molecule has 2 fully saturated rings. The third kappa shape index (κ3) is 5.68. The largest absolute Gasteiger partial charge is 0.335 e. The van der Waals surface area contributed by atoms with E-state index in [1.807, 2.05) is 44.2 Å². The molecular weight excluding hydrogens is 444 g/mol. The predicted molar refractivity (Wildman–Crippen MR) is 148 cm³/mol. The van der Waals surface area contributed by atoms with Crippen LogP contribution in [0.4, 0.5) is 5.69 Å². The van der Waals surface area contributed by atoms with Crippen LogP contribution in [0.25, 0.3) is 0 Å². The number of rotatable bonds is 4. The van der Waals surface area contributed by atoms with E-state index in [4.69, 9.17) is 0 Å². The van der Waals surface area contributed by atoms with Crippen molar-refractivity contribution >= 4 is 17.5 Å². The van der Waals surface area contributed by atoms with Crippen molar-refractivity contribution in [2.24, 2.45) is 17.8 Å². The summed E-state index contributed by atoms with van der Waals surface area (Å²) in [6.07, 6.45) is 6.22. The summed E-state index contributed by atoms with van der Waals surface area (Å²) in [7, 11) is 0. The number of benzene rings is 2. The van der Waals surface area contributed by atoms with Crippen molar-refractivity contribution in [1.82, 2.24) is 4.90 Å². The molecule has 1 saturated carbocycles. The minimum Gasteiger partial charge on any atom is -0.335 e. The van der Waals surface area contributed by atoms with Gasteiger partial charge in [-0.15, -0.1) is 0 Å². The highest BCUT2D eigenvalue weighted by Crippen LogP contribution is 2.40. The lowest BCUT2D eigenvalue weighted by molar-refractivity contribution is -0.124. The van der Waals surface area contributed by atoms with Crippen molar-refractivity contribution in [2.75, 3.05) is 11.9 Å². The van der Waals surface area contributed by atoms with Crippen LogP contribution < -0.4 is 5.32 Å². The molecule has 2 atom stereocenters. The van der Waals surface area contributed by atoms with Crippen LogP contribution in [0.1, 0.15) is 93.3 Å². The number of aryl methyl sites for hydroxylation is 2. The number of amides is 2. The van der Waals surface area contributed by atoms with E-state index >= 15 is 0 Å². The fraction of sp³-hybridized carbons (Fsp3) is 0.562. The van der Waals surface area contributed by atoms with Crippen LogP contribution in [0.5, 0.6) is 0 Å². The number of carbonyl (C=O) groups excluding carboxylic acids is 2. The zero-order valence-corrected chi connectivity index (χ0v) is 23.1. The minimum atomic E-state index is -0.191. The summed E-state index contributed by atoms with van der Waals surface area (Å²) in [5, 5.41) is 3.25. The number of hydrogen-bond acceptors (Lipinski definition) is 2. The van der Waals surface area contributed by atoms with E-state index < -0.39 is 0 Å². The predicted octanol–water partition coefficient (Wildman–Crippen LogP) is 7.29.